The van der Waals surface area contributed by atoms with Crippen molar-refractivity contribution in [3.8, 4) is 17.0 Å². The summed E-state index contributed by atoms with van der Waals surface area (Å²) >= 11 is 11.8. The first-order chi connectivity index (χ1) is 7.20. The van der Waals surface area contributed by atoms with E-state index in [1.165, 1.54) is 0 Å². The van der Waals surface area contributed by atoms with E-state index >= 15 is 0 Å². The summed E-state index contributed by atoms with van der Waals surface area (Å²) in [5, 5.41) is 0.937. The molecule has 0 aliphatic rings. The summed E-state index contributed by atoms with van der Waals surface area (Å²) in [6, 6.07) is 5.42. The van der Waals surface area contributed by atoms with Crippen LogP contribution in [0.3, 0.4) is 0 Å². The summed E-state index contributed by atoms with van der Waals surface area (Å²) in [5.74, 6) is 0.717. The third-order valence-electron chi connectivity index (χ3n) is 2.01. The summed E-state index contributed by atoms with van der Waals surface area (Å²) in [6.45, 7) is 0. The zero-order valence-electron chi connectivity index (χ0n) is 7.92. The van der Waals surface area contributed by atoms with Crippen molar-refractivity contribution >= 4 is 23.2 Å². The predicted molar refractivity (Wildman–Crippen MR) is 60.6 cm³/mol. The fraction of sp³-hybridized carbons (Fsp3) is 0.100. The Bertz CT molecular complexity index is 482. The molecule has 5 heteroatoms. The van der Waals surface area contributed by atoms with Gasteiger partial charge in [-0.1, -0.05) is 11.6 Å². The van der Waals surface area contributed by atoms with Gasteiger partial charge < -0.3 is 9.72 Å². The minimum atomic E-state index is 0.344. The molecular formula is C10H8Cl2N2O. The lowest BCUT2D eigenvalue weighted by Crippen LogP contribution is -1.84. The molecule has 0 saturated carbocycles. The van der Waals surface area contributed by atoms with Gasteiger partial charge in [0.05, 0.1) is 24.0 Å². The standard InChI is InChI=1S/C10H8Cl2N2O/c1-15-6-2-3-7(8(11)4-6)9-5-13-10(12)14-9/h2-5H,1H3,(H,13,14). The number of imidazole rings is 1. The fourth-order valence-corrected chi connectivity index (χ4v) is 1.70. The van der Waals surface area contributed by atoms with Gasteiger partial charge >= 0.3 is 0 Å². The summed E-state index contributed by atoms with van der Waals surface area (Å²) in [7, 11) is 1.60. The normalized spacial score (nSPS) is 10.3. The van der Waals surface area contributed by atoms with Crippen LogP contribution in [0.2, 0.25) is 10.3 Å². The second-order valence-corrected chi connectivity index (χ2v) is 3.70. The van der Waals surface area contributed by atoms with Crippen molar-refractivity contribution in [3.05, 3.63) is 34.7 Å². The molecule has 0 atom stereocenters. The smallest absolute Gasteiger partial charge is 0.200 e. The lowest BCUT2D eigenvalue weighted by Gasteiger charge is -2.04. The van der Waals surface area contributed by atoms with Crippen molar-refractivity contribution in [2.24, 2.45) is 0 Å². The summed E-state index contributed by atoms with van der Waals surface area (Å²) in [6.07, 6.45) is 1.63. The third kappa shape index (κ3) is 2.08. The zero-order valence-corrected chi connectivity index (χ0v) is 9.43. The maximum absolute atomic E-state index is 6.08. The number of halogens is 2. The Morgan fingerprint density at radius 1 is 1.33 bits per heavy atom. The molecule has 0 amide bonds. The number of aromatic nitrogens is 2. The van der Waals surface area contributed by atoms with E-state index < -0.39 is 0 Å². The van der Waals surface area contributed by atoms with Crippen LogP contribution in [0, 0.1) is 0 Å². The van der Waals surface area contributed by atoms with Crippen molar-refractivity contribution < 1.29 is 4.74 Å². The number of hydrogen-bond acceptors (Lipinski definition) is 2. The van der Waals surface area contributed by atoms with E-state index in [1.807, 2.05) is 12.1 Å². The molecule has 1 N–H and O–H groups in total. The molecule has 2 aromatic rings. The van der Waals surface area contributed by atoms with Gasteiger partial charge in [0.25, 0.3) is 0 Å². The Kier molecular flexibility index (Phi) is 2.84. The van der Waals surface area contributed by atoms with Gasteiger partial charge in [-0.2, -0.15) is 0 Å². The molecule has 1 heterocycles. The highest BCUT2D eigenvalue weighted by Gasteiger charge is 2.07. The summed E-state index contributed by atoms with van der Waals surface area (Å²) in [5.41, 5.74) is 1.63. The van der Waals surface area contributed by atoms with Crippen LogP contribution in [-0.2, 0) is 0 Å². The number of nitrogens with one attached hydrogen (secondary N) is 1. The van der Waals surface area contributed by atoms with E-state index in [2.05, 4.69) is 9.97 Å². The molecule has 1 aromatic carbocycles. The van der Waals surface area contributed by atoms with Crippen LogP contribution in [0.25, 0.3) is 11.3 Å². The largest absolute Gasteiger partial charge is 0.497 e. The molecule has 2 rings (SSSR count). The molecule has 3 nitrogen and oxygen atoms in total. The molecule has 0 fully saturated rings. The van der Waals surface area contributed by atoms with Gasteiger partial charge in [-0.3, -0.25) is 0 Å². The maximum atomic E-state index is 6.08. The van der Waals surface area contributed by atoms with Gasteiger partial charge in [-0.15, -0.1) is 0 Å². The average Bonchev–Trinajstić information content (AvgIpc) is 2.64. The second-order valence-electron chi connectivity index (χ2n) is 2.93. The van der Waals surface area contributed by atoms with E-state index in [0.717, 1.165) is 17.0 Å². The van der Waals surface area contributed by atoms with Crippen LogP contribution in [0.15, 0.2) is 24.4 Å². The van der Waals surface area contributed by atoms with Gasteiger partial charge in [0.15, 0.2) is 5.28 Å². The van der Waals surface area contributed by atoms with Crippen molar-refractivity contribution in [1.29, 1.82) is 0 Å². The molecule has 0 bridgehead atoms. The Hall–Kier alpha value is -1.19. The first-order valence-electron chi connectivity index (χ1n) is 4.25. The molecule has 0 unspecified atom stereocenters. The minimum absolute atomic E-state index is 0.344. The van der Waals surface area contributed by atoms with E-state index in [1.54, 1.807) is 19.4 Å². The van der Waals surface area contributed by atoms with E-state index in [0.29, 0.717) is 10.3 Å². The molecule has 15 heavy (non-hydrogen) atoms. The molecule has 0 aliphatic heterocycles. The van der Waals surface area contributed by atoms with Crippen LogP contribution < -0.4 is 4.74 Å². The van der Waals surface area contributed by atoms with Crippen LogP contribution in [-0.4, -0.2) is 17.1 Å². The number of methoxy groups -OCH3 is 1. The molecule has 0 saturated heterocycles. The van der Waals surface area contributed by atoms with Gasteiger partial charge in [0.2, 0.25) is 0 Å². The van der Waals surface area contributed by atoms with E-state index in [-0.39, 0.29) is 0 Å². The lowest BCUT2D eigenvalue weighted by atomic mass is 10.1. The highest BCUT2D eigenvalue weighted by Crippen LogP contribution is 2.30. The zero-order chi connectivity index (χ0) is 10.8. The first kappa shape index (κ1) is 10.3. The molecule has 0 radical (unpaired) electrons. The average molecular weight is 243 g/mol. The summed E-state index contributed by atoms with van der Waals surface area (Å²) in [4.78, 5) is 6.80. The number of H-pyrrole nitrogens is 1. The highest BCUT2D eigenvalue weighted by atomic mass is 35.5. The van der Waals surface area contributed by atoms with Crippen LogP contribution >= 0.6 is 23.2 Å². The predicted octanol–water partition coefficient (Wildman–Crippen LogP) is 3.39. The maximum Gasteiger partial charge on any atom is 0.200 e. The Labute approximate surface area is 97.0 Å². The van der Waals surface area contributed by atoms with Crippen molar-refractivity contribution in [2.75, 3.05) is 7.11 Å². The monoisotopic (exact) mass is 242 g/mol. The number of ether oxygens (including phenoxy) is 1. The van der Waals surface area contributed by atoms with E-state index in [9.17, 15) is 0 Å². The summed E-state index contributed by atoms with van der Waals surface area (Å²) < 4.78 is 5.05. The van der Waals surface area contributed by atoms with Crippen LogP contribution in [0.1, 0.15) is 0 Å². The minimum Gasteiger partial charge on any atom is -0.497 e. The number of nitrogens with zero attached hydrogens (tertiary/aromatic N) is 1. The van der Waals surface area contributed by atoms with Gasteiger partial charge in [0.1, 0.15) is 5.75 Å². The topological polar surface area (TPSA) is 37.9 Å². The molecule has 1 aromatic heterocycles. The number of benzene rings is 1. The highest BCUT2D eigenvalue weighted by molar-refractivity contribution is 6.33. The van der Waals surface area contributed by atoms with Crippen molar-refractivity contribution in [3.63, 3.8) is 0 Å². The molecule has 0 aliphatic carbocycles. The lowest BCUT2D eigenvalue weighted by molar-refractivity contribution is 0.415. The second kappa shape index (κ2) is 4.13. The molecular weight excluding hydrogens is 235 g/mol. The Balaban J connectivity index is 2.45. The van der Waals surface area contributed by atoms with Gasteiger partial charge in [0, 0.05) is 5.56 Å². The Morgan fingerprint density at radius 3 is 2.67 bits per heavy atom. The van der Waals surface area contributed by atoms with Crippen molar-refractivity contribution in [1.82, 2.24) is 9.97 Å². The van der Waals surface area contributed by atoms with Crippen LogP contribution in [0.4, 0.5) is 0 Å². The van der Waals surface area contributed by atoms with Gasteiger partial charge in [-0.25, -0.2) is 4.98 Å². The number of hydrogen-bond donors (Lipinski definition) is 1. The fourth-order valence-electron chi connectivity index (χ4n) is 1.28. The number of aromatic amines is 1. The molecule has 78 valence electrons. The van der Waals surface area contributed by atoms with Gasteiger partial charge in [-0.05, 0) is 29.8 Å². The quantitative estimate of drug-likeness (QED) is 0.877. The van der Waals surface area contributed by atoms with Crippen LogP contribution in [0.5, 0.6) is 5.75 Å². The Morgan fingerprint density at radius 2 is 2.13 bits per heavy atom. The SMILES string of the molecule is COc1ccc(-c2cnc(Cl)[nH]2)c(Cl)c1. The first-order valence-corrected chi connectivity index (χ1v) is 5.00. The third-order valence-corrected chi connectivity index (χ3v) is 2.52. The molecule has 0 spiro atoms. The number of rotatable bonds is 2. The van der Waals surface area contributed by atoms with E-state index in [4.69, 9.17) is 27.9 Å². The van der Waals surface area contributed by atoms with Crippen molar-refractivity contribution in [2.45, 2.75) is 0 Å².